The first kappa shape index (κ1) is 41.0. The van der Waals surface area contributed by atoms with Gasteiger partial charge in [0.1, 0.15) is 18.4 Å². The Labute approximate surface area is 209 Å². The molecule has 0 saturated carbocycles. The lowest BCUT2D eigenvalue weighted by molar-refractivity contribution is 0.420. The standard InChI is InChI=1S/C5H5N.C4H7N3.C4H6N2.C3H3NO.5C2H6/c1-2-4-6-5-3-1;1-4-5-3-7(2)6-4;1-6-4-2-3-5-6;1-2-4-5-3-1;5*1-2/h1-5H;3H,1-2H3;2-4H,1H3;1-3H;5*1-2H3. The van der Waals surface area contributed by atoms with E-state index in [2.05, 4.69) is 29.8 Å². The van der Waals surface area contributed by atoms with Crippen LogP contribution in [-0.2, 0) is 14.1 Å². The minimum absolute atomic E-state index is 0.822. The second-order valence-electron chi connectivity index (χ2n) is 4.36. The predicted octanol–water partition coefficient (Wildman–Crippen LogP) is 7.43. The normalized spacial score (nSPS) is 6.97. The summed E-state index contributed by atoms with van der Waals surface area (Å²) in [6.07, 6.45) is 11.9. The predicted molar refractivity (Wildman–Crippen MR) is 146 cm³/mol. The van der Waals surface area contributed by atoms with Crippen molar-refractivity contribution in [2.45, 2.75) is 76.2 Å². The van der Waals surface area contributed by atoms with E-state index in [0.29, 0.717) is 0 Å². The van der Waals surface area contributed by atoms with Crippen molar-refractivity contribution in [3.63, 3.8) is 0 Å². The minimum Gasteiger partial charge on any atom is -0.365 e. The first-order valence-electron chi connectivity index (χ1n) is 12.1. The van der Waals surface area contributed by atoms with E-state index in [0.717, 1.165) is 5.82 Å². The Kier molecular flexibility index (Phi) is 52.5. The summed E-state index contributed by atoms with van der Waals surface area (Å²) < 4.78 is 7.76. The summed E-state index contributed by atoms with van der Waals surface area (Å²) in [5.41, 5.74) is 0. The Morgan fingerprint density at radius 1 is 0.647 bits per heavy atom. The van der Waals surface area contributed by atoms with Crippen molar-refractivity contribution in [2.75, 3.05) is 0 Å². The molecule has 0 aliphatic rings. The molecule has 34 heavy (non-hydrogen) atoms. The molecule has 0 radical (unpaired) electrons. The molecular weight excluding hydrogens is 426 g/mol. The fraction of sp³-hybridized carbons (Fsp3) is 0.500. The van der Waals surface area contributed by atoms with Gasteiger partial charge in [0.15, 0.2) is 0 Å². The van der Waals surface area contributed by atoms with E-state index in [1.807, 2.05) is 121 Å². The monoisotopic (exact) mass is 477 g/mol. The van der Waals surface area contributed by atoms with E-state index in [1.54, 1.807) is 46.5 Å². The van der Waals surface area contributed by atoms with Gasteiger partial charge in [-0.15, -0.1) is 0 Å². The number of pyridine rings is 1. The van der Waals surface area contributed by atoms with Crippen molar-refractivity contribution in [1.29, 1.82) is 0 Å². The van der Waals surface area contributed by atoms with Crippen LogP contribution in [0.15, 0.2) is 78.4 Å². The highest BCUT2D eigenvalue weighted by atomic mass is 16.5. The third-order valence-electron chi connectivity index (χ3n) is 2.26. The molecule has 0 amide bonds. The minimum atomic E-state index is 0.822. The highest BCUT2D eigenvalue weighted by molar-refractivity contribution is 4.88. The summed E-state index contributed by atoms with van der Waals surface area (Å²) in [5, 5.41) is 11.1. The maximum absolute atomic E-state index is 4.33. The van der Waals surface area contributed by atoms with Gasteiger partial charge in [-0.2, -0.15) is 10.2 Å². The SMILES string of the molecule is CC.CC.CC.CC.CC.Cc1ncn(C)n1.Cn1cccn1.c1ccncc1.c1cnoc1. The van der Waals surface area contributed by atoms with Crippen LogP contribution in [-0.4, -0.2) is 34.7 Å². The summed E-state index contributed by atoms with van der Waals surface area (Å²) in [6, 6.07) is 9.33. The van der Waals surface area contributed by atoms with Gasteiger partial charge in [-0.05, 0) is 31.2 Å². The van der Waals surface area contributed by atoms with E-state index in [9.17, 15) is 0 Å². The van der Waals surface area contributed by atoms with Crippen LogP contribution in [0.1, 0.15) is 75.1 Å². The van der Waals surface area contributed by atoms with E-state index < -0.39 is 0 Å². The van der Waals surface area contributed by atoms with Gasteiger partial charge in [0, 0.05) is 38.9 Å². The lowest BCUT2D eigenvalue weighted by Crippen LogP contribution is -1.86. The van der Waals surface area contributed by atoms with Crippen LogP contribution in [0.3, 0.4) is 0 Å². The molecule has 4 rings (SSSR count). The Hall–Kier alpha value is -3.29. The van der Waals surface area contributed by atoms with Crippen LogP contribution in [0, 0.1) is 6.92 Å². The van der Waals surface area contributed by atoms with E-state index in [-0.39, 0.29) is 0 Å². The van der Waals surface area contributed by atoms with Gasteiger partial charge in [-0.1, -0.05) is 80.5 Å². The number of rotatable bonds is 0. The van der Waals surface area contributed by atoms with Gasteiger partial charge >= 0.3 is 0 Å². The Bertz CT molecular complexity index is 650. The molecule has 0 N–H and O–H groups in total. The van der Waals surface area contributed by atoms with Gasteiger partial charge in [-0.3, -0.25) is 14.3 Å². The number of nitrogens with zero attached hydrogens (tertiary/aromatic N) is 7. The smallest absolute Gasteiger partial charge is 0.147 e. The van der Waals surface area contributed by atoms with Crippen LogP contribution >= 0.6 is 0 Å². The zero-order valence-electron chi connectivity index (χ0n) is 24.0. The highest BCUT2D eigenvalue weighted by Crippen LogP contribution is 1.79. The summed E-state index contributed by atoms with van der Waals surface area (Å²) in [6.45, 7) is 21.9. The van der Waals surface area contributed by atoms with Crippen molar-refractivity contribution < 1.29 is 4.52 Å². The van der Waals surface area contributed by atoms with Crippen molar-refractivity contribution in [3.05, 3.63) is 79.7 Å². The van der Waals surface area contributed by atoms with Crippen LogP contribution in [0.25, 0.3) is 0 Å². The van der Waals surface area contributed by atoms with Gasteiger partial charge in [0.25, 0.3) is 0 Å². The zero-order valence-corrected chi connectivity index (χ0v) is 24.0. The number of hydrogen-bond donors (Lipinski definition) is 0. The second kappa shape index (κ2) is 43.6. The molecule has 0 unspecified atom stereocenters. The zero-order chi connectivity index (χ0) is 27.5. The lowest BCUT2D eigenvalue weighted by Gasteiger charge is -1.77. The fourth-order valence-electron chi connectivity index (χ4n) is 1.28. The Balaban J connectivity index is -0.0000000983. The average Bonchev–Trinajstić information content (AvgIpc) is 3.74. The maximum Gasteiger partial charge on any atom is 0.147 e. The molecule has 0 aliphatic heterocycles. The summed E-state index contributed by atoms with van der Waals surface area (Å²) in [7, 11) is 3.74. The molecule has 0 saturated heterocycles. The third kappa shape index (κ3) is 39.2. The average molecular weight is 478 g/mol. The Morgan fingerprint density at radius 3 is 1.32 bits per heavy atom. The summed E-state index contributed by atoms with van der Waals surface area (Å²) >= 11 is 0. The quantitative estimate of drug-likeness (QED) is 0.262. The molecule has 0 spiro atoms. The number of hydrogen-bond acceptors (Lipinski definition) is 6. The Morgan fingerprint density at radius 2 is 1.21 bits per heavy atom. The second-order valence-corrected chi connectivity index (χ2v) is 4.36. The fourth-order valence-corrected chi connectivity index (χ4v) is 1.28. The molecule has 0 aromatic carbocycles. The van der Waals surface area contributed by atoms with Gasteiger partial charge < -0.3 is 4.52 Å². The highest BCUT2D eigenvalue weighted by Gasteiger charge is 1.83. The largest absolute Gasteiger partial charge is 0.365 e. The molecule has 196 valence electrons. The first-order valence-corrected chi connectivity index (χ1v) is 12.1. The maximum atomic E-state index is 4.33. The van der Waals surface area contributed by atoms with Gasteiger partial charge in [-0.25, -0.2) is 4.98 Å². The van der Waals surface area contributed by atoms with Crippen LogP contribution in [0.4, 0.5) is 0 Å². The van der Waals surface area contributed by atoms with Crippen molar-refractivity contribution in [1.82, 2.24) is 34.7 Å². The number of aromatic nitrogens is 7. The first-order chi connectivity index (χ1) is 16.7. The molecule has 4 heterocycles. The van der Waals surface area contributed by atoms with Crippen LogP contribution in [0.5, 0.6) is 0 Å². The molecule has 0 fully saturated rings. The van der Waals surface area contributed by atoms with E-state index >= 15 is 0 Å². The van der Waals surface area contributed by atoms with Crippen LogP contribution in [0.2, 0.25) is 0 Å². The molecular formula is C26H51N7O. The third-order valence-corrected chi connectivity index (χ3v) is 2.26. The van der Waals surface area contributed by atoms with Gasteiger partial charge in [0.05, 0.1) is 6.20 Å². The van der Waals surface area contributed by atoms with Crippen molar-refractivity contribution in [2.24, 2.45) is 14.1 Å². The topological polar surface area (TPSA) is 87.5 Å². The lowest BCUT2D eigenvalue weighted by atomic mass is 10.5. The number of aryl methyl sites for hydroxylation is 3. The molecule has 8 nitrogen and oxygen atoms in total. The molecule has 4 aromatic heterocycles. The molecule has 0 atom stereocenters. The van der Waals surface area contributed by atoms with Crippen molar-refractivity contribution in [3.8, 4) is 0 Å². The van der Waals surface area contributed by atoms with E-state index in [4.69, 9.17) is 0 Å². The van der Waals surface area contributed by atoms with Gasteiger partial charge in [0.2, 0.25) is 0 Å². The van der Waals surface area contributed by atoms with Crippen molar-refractivity contribution >= 4 is 0 Å². The molecule has 0 aliphatic carbocycles. The molecule has 8 heteroatoms. The van der Waals surface area contributed by atoms with Crippen LogP contribution < -0.4 is 0 Å². The summed E-state index contributed by atoms with van der Waals surface area (Å²) in [5.74, 6) is 0.822. The molecule has 0 bridgehead atoms. The molecule has 4 aromatic rings. The summed E-state index contributed by atoms with van der Waals surface area (Å²) in [4.78, 5) is 7.65. The van der Waals surface area contributed by atoms with E-state index in [1.165, 1.54) is 6.26 Å².